The molecule has 2 aromatic heterocycles. The highest BCUT2D eigenvalue weighted by Gasteiger charge is 2.45. The molecular weight excluding hydrogens is 534 g/mol. The number of allylic oxidation sites excluding steroid dienone is 4. The van der Waals surface area contributed by atoms with Crippen LogP contribution in [-0.2, 0) is 5.16 Å². The molecule has 4 heteroatoms. The van der Waals surface area contributed by atoms with E-state index in [4.69, 9.17) is 9.97 Å². The molecular formula is C37H46N2P2. The lowest BCUT2D eigenvalue weighted by Gasteiger charge is -2.44. The average molecular weight is 581 g/mol. The molecule has 2 atom stereocenters. The van der Waals surface area contributed by atoms with E-state index in [1.54, 1.807) is 0 Å². The van der Waals surface area contributed by atoms with Crippen molar-refractivity contribution in [2.45, 2.75) is 77.8 Å². The Kier molecular flexibility index (Phi) is 7.85. The molecule has 0 spiro atoms. The molecule has 2 aromatic carbocycles. The molecule has 2 nitrogen and oxygen atoms in total. The molecule has 0 saturated carbocycles. The number of nitrogens with zero attached hydrogens (tertiary/aromatic N) is 2. The molecule has 0 N–H and O–H groups in total. The summed E-state index contributed by atoms with van der Waals surface area (Å²) in [6, 6.07) is 25.7. The van der Waals surface area contributed by atoms with Gasteiger partial charge in [-0.05, 0) is 57.3 Å². The van der Waals surface area contributed by atoms with Crippen LogP contribution in [0.4, 0.5) is 0 Å². The van der Waals surface area contributed by atoms with Crippen LogP contribution < -0.4 is 0 Å². The van der Waals surface area contributed by atoms with Gasteiger partial charge in [0, 0.05) is 16.7 Å². The molecule has 1 aliphatic rings. The van der Waals surface area contributed by atoms with E-state index >= 15 is 0 Å². The van der Waals surface area contributed by atoms with Crippen LogP contribution in [0.5, 0.6) is 0 Å². The molecule has 0 amide bonds. The lowest BCUT2D eigenvalue weighted by atomic mass is 9.83. The van der Waals surface area contributed by atoms with E-state index in [1.807, 2.05) is 0 Å². The third kappa shape index (κ3) is 5.94. The van der Waals surface area contributed by atoms with Gasteiger partial charge in [0.15, 0.2) is 0 Å². The van der Waals surface area contributed by atoms with Crippen LogP contribution in [0.15, 0.2) is 96.1 Å². The standard InChI is InChI=1S/C37H46N2P2/c1-34(2,3)28-22-27(24-41(35(4,5)6)36(7,8)9)29(23-28)37(40,32-20-18-25-14-10-12-16-30(25)38-32)33-21-19-26-15-11-13-17-31(26)39-33/h10-23,27H,24,40H2,1-9H3. The van der Waals surface area contributed by atoms with Crippen molar-refractivity contribution in [2.75, 3.05) is 6.16 Å². The summed E-state index contributed by atoms with van der Waals surface area (Å²) in [4.78, 5) is 10.7. The van der Waals surface area contributed by atoms with Crippen LogP contribution >= 0.6 is 17.2 Å². The summed E-state index contributed by atoms with van der Waals surface area (Å²) in [5.41, 5.74) is 6.93. The number of rotatable bonds is 5. The second-order valence-corrected chi connectivity index (χ2v) is 19.4. The molecule has 1 aliphatic carbocycles. The van der Waals surface area contributed by atoms with Crippen molar-refractivity contribution >= 4 is 39.0 Å². The normalized spacial score (nSPS) is 16.9. The van der Waals surface area contributed by atoms with E-state index in [0.29, 0.717) is 5.92 Å². The predicted molar refractivity (Wildman–Crippen MR) is 184 cm³/mol. The van der Waals surface area contributed by atoms with E-state index in [9.17, 15) is 0 Å². The SMILES string of the molecule is CC(C)(C)C1=CC(CP(C(C)(C)C)C(C)(C)C)C(C(P)(c2ccc3ccccc3n2)c2ccc3ccccc3n2)=C1. The molecule has 214 valence electrons. The van der Waals surface area contributed by atoms with Gasteiger partial charge in [0.1, 0.15) is 0 Å². The summed E-state index contributed by atoms with van der Waals surface area (Å²) in [6.45, 7) is 21.6. The van der Waals surface area contributed by atoms with Gasteiger partial charge in [-0.2, -0.15) is 0 Å². The zero-order valence-electron chi connectivity index (χ0n) is 26.3. The van der Waals surface area contributed by atoms with Crippen molar-refractivity contribution in [1.29, 1.82) is 0 Å². The first kappa shape index (κ1) is 30.1. The van der Waals surface area contributed by atoms with Crippen molar-refractivity contribution in [3.05, 3.63) is 107 Å². The Balaban J connectivity index is 1.76. The maximum absolute atomic E-state index is 5.33. The summed E-state index contributed by atoms with van der Waals surface area (Å²) in [5, 5.41) is 2.22. The van der Waals surface area contributed by atoms with Gasteiger partial charge in [0.05, 0.1) is 27.6 Å². The minimum absolute atomic E-state index is 0.0470. The van der Waals surface area contributed by atoms with Crippen LogP contribution in [0.25, 0.3) is 21.8 Å². The van der Waals surface area contributed by atoms with E-state index in [1.165, 1.54) is 11.1 Å². The van der Waals surface area contributed by atoms with Gasteiger partial charge in [-0.3, -0.25) is 9.97 Å². The molecule has 4 aromatic rings. The Labute approximate surface area is 251 Å². The van der Waals surface area contributed by atoms with Crippen molar-refractivity contribution in [3.8, 4) is 0 Å². The molecule has 2 heterocycles. The predicted octanol–water partition coefficient (Wildman–Crippen LogP) is 10.5. The van der Waals surface area contributed by atoms with Crippen LogP contribution in [0.1, 0.15) is 73.7 Å². The molecule has 0 aliphatic heterocycles. The number of pyridine rings is 2. The molecule has 5 rings (SSSR count). The van der Waals surface area contributed by atoms with Gasteiger partial charge in [-0.1, -0.05) is 131 Å². The van der Waals surface area contributed by atoms with Crippen molar-refractivity contribution in [3.63, 3.8) is 0 Å². The Bertz CT molecular complexity index is 1550. The number of fused-ring (bicyclic) bond motifs is 2. The van der Waals surface area contributed by atoms with Gasteiger partial charge < -0.3 is 0 Å². The van der Waals surface area contributed by atoms with Gasteiger partial charge in [-0.15, -0.1) is 9.24 Å². The first-order valence-electron chi connectivity index (χ1n) is 14.8. The van der Waals surface area contributed by atoms with Crippen LogP contribution in [0, 0.1) is 11.3 Å². The first-order chi connectivity index (χ1) is 19.1. The van der Waals surface area contributed by atoms with Crippen LogP contribution in [-0.4, -0.2) is 26.4 Å². The lowest BCUT2D eigenvalue weighted by molar-refractivity contribution is 0.516. The second kappa shape index (κ2) is 10.7. The minimum atomic E-state index is -0.570. The Morgan fingerprint density at radius 1 is 0.659 bits per heavy atom. The summed E-state index contributed by atoms with van der Waals surface area (Å²) in [5.74, 6) is 0.299. The summed E-state index contributed by atoms with van der Waals surface area (Å²) in [6.07, 6.45) is 6.21. The maximum atomic E-state index is 5.33. The Morgan fingerprint density at radius 3 is 1.56 bits per heavy atom. The molecule has 2 unspecified atom stereocenters. The van der Waals surface area contributed by atoms with Crippen molar-refractivity contribution < 1.29 is 0 Å². The van der Waals surface area contributed by atoms with E-state index in [2.05, 4.69) is 157 Å². The molecule has 0 saturated heterocycles. The smallest absolute Gasteiger partial charge is 0.0903 e. The number of para-hydroxylation sites is 2. The van der Waals surface area contributed by atoms with E-state index in [0.717, 1.165) is 39.4 Å². The lowest BCUT2D eigenvalue weighted by Crippen LogP contribution is -2.33. The highest BCUT2D eigenvalue weighted by atomic mass is 31.1. The molecule has 0 bridgehead atoms. The number of hydrogen-bond acceptors (Lipinski definition) is 2. The fourth-order valence-electron chi connectivity index (χ4n) is 6.40. The van der Waals surface area contributed by atoms with Gasteiger partial charge in [0.25, 0.3) is 0 Å². The topological polar surface area (TPSA) is 25.8 Å². The monoisotopic (exact) mass is 580 g/mol. The second-order valence-electron chi connectivity index (χ2n) is 14.6. The third-order valence-corrected chi connectivity index (χ3v) is 13.3. The number of aromatic nitrogens is 2. The largest absolute Gasteiger partial charge is 0.251 e. The molecule has 0 radical (unpaired) electrons. The quantitative estimate of drug-likeness (QED) is 0.220. The van der Waals surface area contributed by atoms with Crippen LogP contribution in [0.3, 0.4) is 0 Å². The van der Waals surface area contributed by atoms with E-state index in [-0.39, 0.29) is 23.6 Å². The highest BCUT2D eigenvalue weighted by Crippen LogP contribution is 2.63. The van der Waals surface area contributed by atoms with E-state index < -0.39 is 5.16 Å². The zero-order chi connectivity index (χ0) is 29.8. The van der Waals surface area contributed by atoms with Gasteiger partial charge >= 0.3 is 0 Å². The zero-order valence-corrected chi connectivity index (χ0v) is 28.3. The number of benzene rings is 2. The number of hydrogen-bond donors (Lipinski definition) is 0. The molecule has 0 fully saturated rings. The fraction of sp³-hybridized carbons (Fsp3) is 0.405. The summed E-state index contributed by atoms with van der Waals surface area (Å²) in [7, 11) is 2.96. The first-order valence-corrected chi connectivity index (χ1v) is 16.9. The third-order valence-electron chi connectivity index (χ3n) is 8.42. The van der Waals surface area contributed by atoms with Gasteiger partial charge in [-0.25, -0.2) is 0 Å². The maximum Gasteiger partial charge on any atom is 0.0903 e. The van der Waals surface area contributed by atoms with Crippen molar-refractivity contribution in [2.24, 2.45) is 11.3 Å². The average Bonchev–Trinajstić information content (AvgIpc) is 3.35. The fourth-order valence-corrected chi connectivity index (χ4v) is 10.8. The van der Waals surface area contributed by atoms with Crippen molar-refractivity contribution in [1.82, 2.24) is 9.97 Å². The Morgan fingerprint density at radius 2 is 1.12 bits per heavy atom. The molecule has 41 heavy (non-hydrogen) atoms. The summed E-state index contributed by atoms with van der Waals surface area (Å²) >= 11 is 0. The highest BCUT2D eigenvalue weighted by molar-refractivity contribution is 7.60. The summed E-state index contributed by atoms with van der Waals surface area (Å²) < 4.78 is 0. The minimum Gasteiger partial charge on any atom is -0.251 e. The van der Waals surface area contributed by atoms with Crippen LogP contribution in [0.2, 0.25) is 0 Å². The van der Waals surface area contributed by atoms with Gasteiger partial charge in [0.2, 0.25) is 0 Å². The Hall–Kier alpha value is -2.40.